The summed E-state index contributed by atoms with van der Waals surface area (Å²) >= 11 is 0. The summed E-state index contributed by atoms with van der Waals surface area (Å²) in [4.78, 5) is 11.8. The fourth-order valence-electron chi connectivity index (χ4n) is 3.37. The molecule has 5 heteroatoms. The molecule has 2 heterocycles. The van der Waals surface area contributed by atoms with Gasteiger partial charge in [-0.3, -0.25) is 0 Å². The van der Waals surface area contributed by atoms with Gasteiger partial charge in [0.15, 0.2) is 5.96 Å². The van der Waals surface area contributed by atoms with Crippen LogP contribution < -0.4 is 5.32 Å². The molecule has 3 rings (SSSR count). The highest BCUT2D eigenvalue weighted by atomic mass is 15.3. The van der Waals surface area contributed by atoms with E-state index in [0.717, 1.165) is 43.9 Å². The summed E-state index contributed by atoms with van der Waals surface area (Å²) in [5.74, 6) is 2.75. The zero-order valence-corrected chi connectivity index (χ0v) is 15.4. The average Bonchev–Trinajstić information content (AvgIpc) is 3.06. The van der Waals surface area contributed by atoms with Gasteiger partial charge in [0.05, 0.1) is 0 Å². The SMILES string of the molecule is CCNC(=NCc1nccn1Cc1ccccc1)N1CCCC(C)C1. The van der Waals surface area contributed by atoms with Crippen LogP contribution in [-0.4, -0.2) is 40.0 Å². The molecule has 1 aromatic carbocycles. The van der Waals surface area contributed by atoms with Gasteiger partial charge in [0, 0.05) is 38.6 Å². The molecule has 2 aromatic rings. The molecule has 134 valence electrons. The minimum atomic E-state index is 0.604. The van der Waals surface area contributed by atoms with Gasteiger partial charge in [-0.2, -0.15) is 0 Å². The van der Waals surface area contributed by atoms with Gasteiger partial charge in [0.25, 0.3) is 0 Å². The Morgan fingerprint density at radius 1 is 1.32 bits per heavy atom. The second-order valence-corrected chi connectivity index (χ2v) is 6.82. The van der Waals surface area contributed by atoms with Gasteiger partial charge in [0.1, 0.15) is 12.4 Å². The van der Waals surface area contributed by atoms with Gasteiger partial charge in [-0.25, -0.2) is 9.98 Å². The number of imidazole rings is 1. The van der Waals surface area contributed by atoms with E-state index in [1.165, 1.54) is 18.4 Å². The highest BCUT2D eigenvalue weighted by molar-refractivity contribution is 5.80. The third kappa shape index (κ3) is 4.84. The first kappa shape index (κ1) is 17.5. The van der Waals surface area contributed by atoms with Crippen molar-refractivity contribution in [2.75, 3.05) is 19.6 Å². The van der Waals surface area contributed by atoms with Crippen molar-refractivity contribution in [1.29, 1.82) is 0 Å². The largest absolute Gasteiger partial charge is 0.357 e. The van der Waals surface area contributed by atoms with E-state index in [0.29, 0.717) is 6.54 Å². The molecule has 0 bridgehead atoms. The number of nitrogens with one attached hydrogen (secondary N) is 1. The van der Waals surface area contributed by atoms with Crippen molar-refractivity contribution in [2.45, 2.75) is 39.8 Å². The fourth-order valence-corrected chi connectivity index (χ4v) is 3.37. The lowest BCUT2D eigenvalue weighted by Gasteiger charge is -2.33. The Hall–Kier alpha value is -2.30. The average molecular weight is 339 g/mol. The molecular weight excluding hydrogens is 310 g/mol. The lowest BCUT2D eigenvalue weighted by Crippen LogP contribution is -2.46. The van der Waals surface area contributed by atoms with E-state index in [-0.39, 0.29) is 0 Å². The number of likely N-dealkylation sites (tertiary alicyclic amines) is 1. The molecule has 5 nitrogen and oxygen atoms in total. The first-order chi connectivity index (χ1) is 12.3. The van der Waals surface area contributed by atoms with Crippen LogP contribution in [0.1, 0.15) is 38.1 Å². The number of piperidine rings is 1. The maximum atomic E-state index is 4.86. The van der Waals surface area contributed by atoms with Crippen LogP contribution in [0.2, 0.25) is 0 Å². The van der Waals surface area contributed by atoms with E-state index in [1.54, 1.807) is 0 Å². The maximum absolute atomic E-state index is 4.86. The first-order valence-corrected chi connectivity index (χ1v) is 9.33. The molecule has 1 unspecified atom stereocenters. The number of aliphatic imine (C=N–C) groups is 1. The highest BCUT2D eigenvalue weighted by Gasteiger charge is 2.19. The number of benzene rings is 1. The van der Waals surface area contributed by atoms with Crippen LogP contribution in [0, 0.1) is 5.92 Å². The lowest BCUT2D eigenvalue weighted by molar-refractivity contribution is 0.266. The van der Waals surface area contributed by atoms with E-state index in [4.69, 9.17) is 4.99 Å². The quantitative estimate of drug-likeness (QED) is 0.672. The fraction of sp³-hybridized carbons (Fsp3) is 0.500. The van der Waals surface area contributed by atoms with Gasteiger partial charge in [0.2, 0.25) is 0 Å². The molecule has 1 aliphatic rings. The van der Waals surface area contributed by atoms with Crippen LogP contribution >= 0.6 is 0 Å². The number of rotatable bonds is 5. The van der Waals surface area contributed by atoms with Crippen LogP contribution in [0.15, 0.2) is 47.7 Å². The second-order valence-electron chi connectivity index (χ2n) is 6.82. The van der Waals surface area contributed by atoms with E-state index in [2.05, 4.69) is 57.9 Å². The molecule has 1 aromatic heterocycles. The van der Waals surface area contributed by atoms with Gasteiger partial charge in [-0.05, 0) is 31.2 Å². The van der Waals surface area contributed by atoms with Crippen molar-refractivity contribution in [3.63, 3.8) is 0 Å². The van der Waals surface area contributed by atoms with E-state index < -0.39 is 0 Å². The summed E-state index contributed by atoms with van der Waals surface area (Å²) in [6, 6.07) is 10.5. The lowest BCUT2D eigenvalue weighted by atomic mass is 10.0. The minimum absolute atomic E-state index is 0.604. The van der Waals surface area contributed by atoms with E-state index in [9.17, 15) is 0 Å². The zero-order chi connectivity index (χ0) is 17.5. The molecule has 0 aliphatic carbocycles. The first-order valence-electron chi connectivity index (χ1n) is 9.33. The molecule has 1 saturated heterocycles. The van der Waals surface area contributed by atoms with Gasteiger partial charge in [-0.15, -0.1) is 0 Å². The number of guanidine groups is 1. The molecule has 0 radical (unpaired) electrons. The highest BCUT2D eigenvalue weighted by Crippen LogP contribution is 2.15. The summed E-state index contributed by atoms with van der Waals surface area (Å²) in [6.45, 7) is 8.96. The molecule has 1 atom stereocenters. The third-order valence-corrected chi connectivity index (χ3v) is 4.66. The monoisotopic (exact) mass is 339 g/mol. The number of hydrogen-bond donors (Lipinski definition) is 1. The Balaban J connectivity index is 1.70. The molecule has 1 aliphatic heterocycles. The van der Waals surface area contributed by atoms with E-state index in [1.807, 2.05) is 18.5 Å². The summed E-state index contributed by atoms with van der Waals surface area (Å²) in [5, 5.41) is 3.44. The Kier molecular flexibility index (Phi) is 6.09. The molecule has 1 N–H and O–H groups in total. The summed E-state index contributed by atoms with van der Waals surface area (Å²) < 4.78 is 2.18. The van der Waals surface area contributed by atoms with E-state index >= 15 is 0 Å². The Morgan fingerprint density at radius 2 is 2.16 bits per heavy atom. The summed E-state index contributed by atoms with van der Waals surface area (Å²) in [7, 11) is 0. The third-order valence-electron chi connectivity index (χ3n) is 4.66. The zero-order valence-electron chi connectivity index (χ0n) is 15.4. The summed E-state index contributed by atoms with van der Waals surface area (Å²) in [5.41, 5.74) is 1.28. The molecule has 25 heavy (non-hydrogen) atoms. The molecule has 1 fully saturated rings. The summed E-state index contributed by atoms with van der Waals surface area (Å²) in [6.07, 6.45) is 6.46. The predicted octanol–water partition coefficient (Wildman–Crippen LogP) is 3.13. The predicted molar refractivity (Wildman–Crippen MR) is 103 cm³/mol. The number of aromatic nitrogens is 2. The van der Waals surface area contributed by atoms with Crippen molar-refractivity contribution in [3.8, 4) is 0 Å². The van der Waals surface area contributed by atoms with Crippen molar-refractivity contribution >= 4 is 5.96 Å². The van der Waals surface area contributed by atoms with Crippen LogP contribution in [0.25, 0.3) is 0 Å². The van der Waals surface area contributed by atoms with Crippen molar-refractivity contribution in [1.82, 2.24) is 19.8 Å². The molecular formula is C20H29N5. The van der Waals surface area contributed by atoms with Crippen molar-refractivity contribution in [2.24, 2.45) is 10.9 Å². The molecule has 0 saturated carbocycles. The molecule has 0 spiro atoms. The Morgan fingerprint density at radius 3 is 2.92 bits per heavy atom. The topological polar surface area (TPSA) is 45.5 Å². The van der Waals surface area contributed by atoms with Gasteiger partial charge < -0.3 is 14.8 Å². The van der Waals surface area contributed by atoms with Crippen LogP contribution in [0.4, 0.5) is 0 Å². The maximum Gasteiger partial charge on any atom is 0.194 e. The standard InChI is InChI=1S/C20H29N5/c1-3-21-20(25-12-7-8-17(2)15-25)23-14-19-22-11-13-24(19)16-18-9-5-4-6-10-18/h4-6,9-11,13,17H,3,7-8,12,14-16H2,1-2H3,(H,21,23). The Labute approximate surface area is 150 Å². The Bertz CT molecular complexity index is 676. The van der Waals surface area contributed by atoms with Crippen LogP contribution in [0.5, 0.6) is 0 Å². The van der Waals surface area contributed by atoms with Gasteiger partial charge >= 0.3 is 0 Å². The van der Waals surface area contributed by atoms with Crippen molar-refractivity contribution < 1.29 is 0 Å². The second kappa shape index (κ2) is 8.70. The normalized spacial score (nSPS) is 18.4. The molecule has 0 amide bonds. The minimum Gasteiger partial charge on any atom is -0.357 e. The number of hydrogen-bond acceptors (Lipinski definition) is 2. The van der Waals surface area contributed by atoms with Crippen LogP contribution in [-0.2, 0) is 13.1 Å². The van der Waals surface area contributed by atoms with Gasteiger partial charge in [-0.1, -0.05) is 37.3 Å². The van der Waals surface area contributed by atoms with Crippen molar-refractivity contribution in [3.05, 3.63) is 54.1 Å². The van der Waals surface area contributed by atoms with Crippen LogP contribution in [0.3, 0.4) is 0 Å². The number of nitrogens with zero attached hydrogens (tertiary/aromatic N) is 4. The smallest absolute Gasteiger partial charge is 0.194 e.